The SMILES string of the molecule is COc1ccc(-c2cc(C(=O)NC[C@@H](c3ccc(C)o3)N3CCCC3)no2)cc1. The summed E-state index contributed by atoms with van der Waals surface area (Å²) in [6.45, 7) is 4.40. The lowest BCUT2D eigenvalue weighted by molar-refractivity contribution is 0.0924. The zero-order valence-electron chi connectivity index (χ0n) is 16.7. The number of rotatable bonds is 7. The molecule has 152 valence electrons. The van der Waals surface area contributed by atoms with E-state index in [4.69, 9.17) is 13.7 Å². The second kappa shape index (κ2) is 8.53. The van der Waals surface area contributed by atoms with Gasteiger partial charge >= 0.3 is 0 Å². The molecule has 1 aliphatic rings. The Morgan fingerprint density at radius 3 is 2.62 bits per heavy atom. The van der Waals surface area contributed by atoms with Gasteiger partial charge in [-0.2, -0.15) is 0 Å². The molecule has 4 rings (SSSR count). The summed E-state index contributed by atoms with van der Waals surface area (Å²) >= 11 is 0. The van der Waals surface area contributed by atoms with Crippen LogP contribution in [0.15, 0.2) is 51.4 Å². The van der Waals surface area contributed by atoms with Gasteiger partial charge in [0.1, 0.15) is 17.3 Å². The Hall–Kier alpha value is -3.06. The lowest BCUT2D eigenvalue weighted by Crippen LogP contribution is -2.36. The van der Waals surface area contributed by atoms with Crippen molar-refractivity contribution >= 4 is 5.91 Å². The monoisotopic (exact) mass is 395 g/mol. The smallest absolute Gasteiger partial charge is 0.273 e. The van der Waals surface area contributed by atoms with Crippen LogP contribution in [0.2, 0.25) is 0 Å². The van der Waals surface area contributed by atoms with Crippen LogP contribution in [0.4, 0.5) is 0 Å². The molecule has 0 radical (unpaired) electrons. The van der Waals surface area contributed by atoms with Crippen molar-refractivity contribution in [2.24, 2.45) is 0 Å². The largest absolute Gasteiger partial charge is 0.497 e. The van der Waals surface area contributed by atoms with Gasteiger partial charge in [-0.15, -0.1) is 0 Å². The minimum absolute atomic E-state index is 0.0168. The average Bonchev–Trinajstić information content (AvgIpc) is 3.50. The molecule has 1 amide bonds. The third kappa shape index (κ3) is 4.35. The number of hydrogen-bond donors (Lipinski definition) is 1. The summed E-state index contributed by atoms with van der Waals surface area (Å²) in [6.07, 6.45) is 2.33. The van der Waals surface area contributed by atoms with Crippen molar-refractivity contribution in [3.05, 3.63) is 59.7 Å². The molecule has 3 heterocycles. The molecule has 0 aliphatic carbocycles. The van der Waals surface area contributed by atoms with Crippen molar-refractivity contribution in [1.82, 2.24) is 15.4 Å². The van der Waals surface area contributed by atoms with Gasteiger partial charge in [0, 0.05) is 18.2 Å². The number of aryl methyl sites for hydroxylation is 1. The molecule has 1 atom stereocenters. The normalized spacial score (nSPS) is 15.4. The van der Waals surface area contributed by atoms with Crippen LogP contribution in [-0.4, -0.2) is 42.7 Å². The first kappa shape index (κ1) is 19.3. The summed E-state index contributed by atoms with van der Waals surface area (Å²) in [7, 11) is 1.62. The van der Waals surface area contributed by atoms with E-state index in [0.717, 1.165) is 35.9 Å². The Labute approximate surface area is 169 Å². The topological polar surface area (TPSA) is 80.7 Å². The number of hydrogen-bond acceptors (Lipinski definition) is 6. The molecular formula is C22H25N3O4. The molecule has 7 heteroatoms. The van der Waals surface area contributed by atoms with Crippen LogP contribution in [0, 0.1) is 6.92 Å². The van der Waals surface area contributed by atoms with Crippen molar-refractivity contribution in [3.63, 3.8) is 0 Å². The van der Waals surface area contributed by atoms with E-state index in [9.17, 15) is 4.79 Å². The zero-order chi connectivity index (χ0) is 20.2. The fourth-order valence-corrected chi connectivity index (χ4v) is 3.65. The molecule has 1 saturated heterocycles. The Balaban J connectivity index is 1.43. The van der Waals surface area contributed by atoms with Gasteiger partial charge in [-0.25, -0.2) is 0 Å². The van der Waals surface area contributed by atoms with Gasteiger partial charge in [-0.3, -0.25) is 9.69 Å². The molecule has 3 aromatic rings. The van der Waals surface area contributed by atoms with Crippen LogP contribution >= 0.6 is 0 Å². The lowest BCUT2D eigenvalue weighted by Gasteiger charge is -2.25. The second-order valence-electron chi connectivity index (χ2n) is 7.22. The number of ether oxygens (including phenoxy) is 1. The van der Waals surface area contributed by atoms with E-state index in [2.05, 4.69) is 15.4 Å². The van der Waals surface area contributed by atoms with Crippen LogP contribution in [0.5, 0.6) is 5.75 Å². The van der Waals surface area contributed by atoms with E-state index in [-0.39, 0.29) is 17.6 Å². The first-order chi connectivity index (χ1) is 14.1. The summed E-state index contributed by atoms with van der Waals surface area (Å²) in [4.78, 5) is 15.0. The maximum atomic E-state index is 12.6. The quantitative estimate of drug-likeness (QED) is 0.655. The highest BCUT2D eigenvalue weighted by Crippen LogP contribution is 2.27. The zero-order valence-corrected chi connectivity index (χ0v) is 16.7. The van der Waals surface area contributed by atoms with E-state index in [1.165, 1.54) is 12.8 Å². The number of likely N-dealkylation sites (tertiary alicyclic amines) is 1. The Morgan fingerprint density at radius 1 is 1.21 bits per heavy atom. The van der Waals surface area contributed by atoms with Crippen molar-refractivity contribution < 1.29 is 18.5 Å². The number of nitrogens with one attached hydrogen (secondary N) is 1. The predicted molar refractivity (Wildman–Crippen MR) is 108 cm³/mol. The van der Waals surface area contributed by atoms with Crippen LogP contribution < -0.4 is 10.1 Å². The maximum absolute atomic E-state index is 12.6. The third-order valence-electron chi connectivity index (χ3n) is 5.24. The number of benzene rings is 1. The number of amides is 1. The molecule has 1 aromatic carbocycles. The fraction of sp³-hybridized carbons (Fsp3) is 0.364. The van der Waals surface area contributed by atoms with E-state index < -0.39 is 0 Å². The third-order valence-corrected chi connectivity index (χ3v) is 5.24. The number of carbonyl (C=O) groups is 1. The average molecular weight is 395 g/mol. The molecule has 0 bridgehead atoms. The van der Waals surface area contributed by atoms with Gasteiger partial charge < -0.3 is 19.0 Å². The van der Waals surface area contributed by atoms with Gasteiger partial charge in [0.25, 0.3) is 5.91 Å². The molecule has 2 aromatic heterocycles. The van der Waals surface area contributed by atoms with E-state index in [1.54, 1.807) is 13.2 Å². The molecule has 1 N–H and O–H groups in total. The molecule has 7 nitrogen and oxygen atoms in total. The predicted octanol–water partition coefficient (Wildman–Crippen LogP) is 3.82. The van der Waals surface area contributed by atoms with E-state index in [1.807, 2.05) is 43.3 Å². The van der Waals surface area contributed by atoms with E-state index >= 15 is 0 Å². The number of methoxy groups -OCH3 is 1. The number of furan rings is 1. The number of carbonyl (C=O) groups excluding carboxylic acids is 1. The molecule has 1 aliphatic heterocycles. The maximum Gasteiger partial charge on any atom is 0.273 e. The number of aromatic nitrogens is 1. The highest BCUT2D eigenvalue weighted by atomic mass is 16.5. The molecule has 29 heavy (non-hydrogen) atoms. The fourth-order valence-electron chi connectivity index (χ4n) is 3.65. The van der Waals surface area contributed by atoms with Crippen molar-refractivity contribution in [2.75, 3.05) is 26.7 Å². The highest BCUT2D eigenvalue weighted by molar-refractivity contribution is 5.93. The molecule has 0 saturated carbocycles. The van der Waals surface area contributed by atoms with Crippen LogP contribution in [0.3, 0.4) is 0 Å². The van der Waals surface area contributed by atoms with Crippen molar-refractivity contribution in [1.29, 1.82) is 0 Å². The van der Waals surface area contributed by atoms with Crippen LogP contribution in [-0.2, 0) is 0 Å². The van der Waals surface area contributed by atoms with Gasteiger partial charge in [0.2, 0.25) is 0 Å². The van der Waals surface area contributed by atoms with Gasteiger partial charge in [-0.1, -0.05) is 5.16 Å². The van der Waals surface area contributed by atoms with E-state index in [0.29, 0.717) is 12.3 Å². The molecule has 1 fully saturated rings. The van der Waals surface area contributed by atoms with Gasteiger partial charge in [-0.05, 0) is 69.3 Å². The van der Waals surface area contributed by atoms with Crippen LogP contribution in [0.25, 0.3) is 11.3 Å². The summed E-state index contributed by atoms with van der Waals surface area (Å²) in [5.41, 5.74) is 1.09. The minimum Gasteiger partial charge on any atom is -0.497 e. The first-order valence-corrected chi connectivity index (χ1v) is 9.84. The molecule has 0 spiro atoms. The van der Waals surface area contributed by atoms with Gasteiger partial charge in [0.05, 0.1) is 13.2 Å². The molecule has 0 unspecified atom stereocenters. The standard InChI is InChI=1S/C22H25N3O4/c1-15-5-10-20(28-15)19(25-11-3-4-12-25)14-23-22(26)18-13-21(29-24-18)16-6-8-17(27-2)9-7-16/h5-10,13,19H,3-4,11-12,14H2,1-2H3,(H,23,26)/t19-/m0/s1. The summed E-state index contributed by atoms with van der Waals surface area (Å²) in [5, 5.41) is 6.92. The Morgan fingerprint density at radius 2 is 1.97 bits per heavy atom. The summed E-state index contributed by atoms with van der Waals surface area (Å²) < 4.78 is 16.4. The molecular weight excluding hydrogens is 370 g/mol. The van der Waals surface area contributed by atoms with Gasteiger partial charge in [0.15, 0.2) is 11.5 Å². The summed E-state index contributed by atoms with van der Waals surface area (Å²) in [5.74, 6) is 2.78. The lowest BCUT2D eigenvalue weighted by atomic mass is 10.1. The first-order valence-electron chi connectivity index (χ1n) is 9.84. The Kier molecular flexibility index (Phi) is 5.67. The second-order valence-corrected chi connectivity index (χ2v) is 7.22. The highest BCUT2D eigenvalue weighted by Gasteiger charge is 2.27. The van der Waals surface area contributed by atoms with Crippen LogP contribution in [0.1, 0.15) is 40.9 Å². The van der Waals surface area contributed by atoms with Crippen molar-refractivity contribution in [2.45, 2.75) is 25.8 Å². The number of nitrogens with zero attached hydrogens (tertiary/aromatic N) is 2. The Bertz CT molecular complexity index is 955. The summed E-state index contributed by atoms with van der Waals surface area (Å²) in [6, 6.07) is 13.0. The van der Waals surface area contributed by atoms with Crippen molar-refractivity contribution in [3.8, 4) is 17.1 Å². The minimum atomic E-state index is -0.263.